The van der Waals surface area contributed by atoms with Crippen molar-refractivity contribution in [3.63, 3.8) is 0 Å². The van der Waals surface area contributed by atoms with Crippen molar-refractivity contribution in [1.82, 2.24) is 4.98 Å². The summed E-state index contributed by atoms with van der Waals surface area (Å²) in [5, 5.41) is 4.60. The van der Waals surface area contributed by atoms with E-state index in [0.29, 0.717) is 5.89 Å². The summed E-state index contributed by atoms with van der Waals surface area (Å²) in [5.74, 6) is 0.597. The Morgan fingerprint density at radius 3 is 2.00 bits per heavy atom. The molecular weight excluding hydrogens is 681 g/mol. The Morgan fingerprint density at radius 1 is 0.444 bits per heavy atom. The predicted octanol–water partition coefficient (Wildman–Crippen LogP) is 14.6. The van der Waals surface area contributed by atoms with Gasteiger partial charge in [0.1, 0.15) is 11.1 Å². The molecule has 3 aromatic heterocycles. The molecule has 0 saturated heterocycles. The molecule has 254 valence electrons. The number of hydrogen-bond acceptors (Lipinski definition) is 5. The zero-order chi connectivity index (χ0) is 35.6. The first kappa shape index (κ1) is 30.7. The smallest absolute Gasteiger partial charge is 0.227 e. The van der Waals surface area contributed by atoms with Gasteiger partial charge in [0.25, 0.3) is 0 Å². The highest BCUT2D eigenvalue weighted by molar-refractivity contribution is 7.26. The Labute approximate surface area is 314 Å². The van der Waals surface area contributed by atoms with Crippen LogP contribution in [0.1, 0.15) is 0 Å². The number of anilines is 3. The SMILES string of the molecule is c1ccc(-c2cccc(N(c3ccc(-c4cccc5c4sc4ccccc45)cc3)c3cccc4c3oc3cc5nc(-c6ccccc6)oc5cc34)c2)cc1. The van der Waals surface area contributed by atoms with Crippen LogP contribution in [-0.4, -0.2) is 4.98 Å². The number of thiophene rings is 1. The summed E-state index contributed by atoms with van der Waals surface area (Å²) >= 11 is 1.86. The molecule has 5 heteroatoms. The number of para-hydroxylation sites is 1. The number of fused-ring (bicyclic) bond motifs is 7. The second-order valence-electron chi connectivity index (χ2n) is 13.5. The third-order valence-corrected chi connectivity index (χ3v) is 11.5. The van der Waals surface area contributed by atoms with Crippen LogP contribution in [0.4, 0.5) is 17.1 Å². The molecular formula is C49H30N2O2S. The first-order chi connectivity index (χ1) is 26.7. The molecule has 4 nitrogen and oxygen atoms in total. The van der Waals surface area contributed by atoms with Gasteiger partial charge in [0.15, 0.2) is 11.2 Å². The van der Waals surface area contributed by atoms with E-state index in [1.807, 2.05) is 47.7 Å². The van der Waals surface area contributed by atoms with Crippen molar-refractivity contribution in [3.05, 3.63) is 182 Å². The highest BCUT2D eigenvalue weighted by Crippen LogP contribution is 2.45. The summed E-state index contributed by atoms with van der Waals surface area (Å²) in [6.45, 7) is 0. The summed E-state index contributed by atoms with van der Waals surface area (Å²) in [5.41, 5.74) is 11.7. The van der Waals surface area contributed by atoms with Gasteiger partial charge in [-0.3, -0.25) is 0 Å². The summed E-state index contributed by atoms with van der Waals surface area (Å²) in [6, 6.07) is 63.9. The third-order valence-electron chi connectivity index (χ3n) is 10.3. The van der Waals surface area contributed by atoms with Gasteiger partial charge in [-0.1, -0.05) is 121 Å². The molecule has 0 saturated carbocycles. The molecule has 11 aromatic rings. The zero-order valence-corrected chi connectivity index (χ0v) is 29.8. The van der Waals surface area contributed by atoms with Crippen molar-refractivity contribution >= 4 is 81.6 Å². The molecule has 0 fully saturated rings. The third kappa shape index (κ3) is 5.01. The van der Waals surface area contributed by atoms with Crippen molar-refractivity contribution in [2.75, 3.05) is 4.90 Å². The van der Waals surface area contributed by atoms with Gasteiger partial charge >= 0.3 is 0 Å². The molecule has 0 N–H and O–H groups in total. The summed E-state index contributed by atoms with van der Waals surface area (Å²) in [7, 11) is 0. The average Bonchev–Trinajstić information content (AvgIpc) is 3.94. The molecule has 0 atom stereocenters. The first-order valence-electron chi connectivity index (χ1n) is 18.0. The largest absolute Gasteiger partial charge is 0.454 e. The van der Waals surface area contributed by atoms with Crippen molar-refractivity contribution in [1.29, 1.82) is 0 Å². The maximum atomic E-state index is 6.79. The monoisotopic (exact) mass is 710 g/mol. The van der Waals surface area contributed by atoms with Crippen molar-refractivity contribution in [2.45, 2.75) is 0 Å². The van der Waals surface area contributed by atoms with Gasteiger partial charge in [0.05, 0.1) is 5.69 Å². The maximum absolute atomic E-state index is 6.79. The molecule has 0 spiro atoms. The minimum absolute atomic E-state index is 0.597. The van der Waals surface area contributed by atoms with E-state index in [0.717, 1.165) is 66.8 Å². The van der Waals surface area contributed by atoms with E-state index in [9.17, 15) is 0 Å². The minimum Gasteiger partial charge on any atom is -0.454 e. The second-order valence-corrected chi connectivity index (χ2v) is 14.6. The van der Waals surface area contributed by atoms with E-state index in [1.165, 1.54) is 31.3 Å². The van der Waals surface area contributed by atoms with Crippen LogP contribution >= 0.6 is 11.3 Å². The molecule has 0 amide bonds. The van der Waals surface area contributed by atoms with Crippen LogP contribution in [0.15, 0.2) is 191 Å². The molecule has 0 aliphatic heterocycles. The van der Waals surface area contributed by atoms with Crippen LogP contribution in [0.3, 0.4) is 0 Å². The lowest BCUT2D eigenvalue weighted by molar-refractivity contribution is 0.620. The van der Waals surface area contributed by atoms with E-state index >= 15 is 0 Å². The lowest BCUT2D eigenvalue weighted by Gasteiger charge is -2.26. The van der Waals surface area contributed by atoms with E-state index in [-0.39, 0.29) is 0 Å². The molecule has 11 rings (SSSR count). The number of benzene rings is 8. The summed E-state index contributed by atoms with van der Waals surface area (Å²) in [6.07, 6.45) is 0. The quantitative estimate of drug-likeness (QED) is 0.172. The van der Waals surface area contributed by atoms with Crippen LogP contribution in [-0.2, 0) is 0 Å². The van der Waals surface area contributed by atoms with Crippen LogP contribution in [0, 0.1) is 0 Å². The molecule has 0 unspecified atom stereocenters. The lowest BCUT2D eigenvalue weighted by Crippen LogP contribution is -2.10. The fourth-order valence-electron chi connectivity index (χ4n) is 7.73. The Hall–Kier alpha value is -6.95. The van der Waals surface area contributed by atoms with Gasteiger partial charge < -0.3 is 13.7 Å². The molecule has 0 radical (unpaired) electrons. The Kier molecular flexibility index (Phi) is 7.00. The Bertz CT molecular complexity index is 3160. The van der Waals surface area contributed by atoms with Gasteiger partial charge in [-0.2, -0.15) is 0 Å². The first-order valence-corrected chi connectivity index (χ1v) is 18.8. The number of nitrogens with zero attached hydrogens (tertiary/aromatic N) is 2. The van der Waals surface area contributed by atoms with Crippen LogP contribution in [0.5, 0.6) is 0 Å². The minimum atomic E-state index is 0.597. The van der Waals surface area contributed by atoms with Gasteiger partial charge in [-0.05, 0) is 76.9 Å². The summed E-state index contributed by atoms with van der Waals surface area (Å²) < 4.78 is 15.7. The van der Waals surface area contributed by atoms with Gasteiger partial charge in [0.2, 0.25) is 5.89 Å². The Balaban J connectivity index is 1.07. The normalized spacial score (nSPS) is 11.7. The van der Waals surface area contributed by atoms with Gasteiger partial charge in [-0.15, -0.1) is 11.3 Å². The van der Waals surface area contributed by atoms with Crippen molar-refractivity contribution in [2.24, 2.45) is 0 Å². The lowest BCUT2D eigenvalue weighted by atomic mass is 10.0. The van der Waals surface area contributed by atoms with Crippen molar-refractivity contribution in [3.8, 4) is 33.7 Å². The number of rotatable bonds is 6. The van der Waals surface area contributed by atoms with Crippen LogP contribution in [0.2, 0.25) is 0 Å². The highest BCUT2D eigenvalue weighted by atomic mass is 32.1. The van der Waals surface area contributed by atoms with Crippen LogP contribution in [0.25, 0.3) is 86.9 Å². The molecule has 54 heavy (non-hydrogen) atoms. The van der Waals surface area contributed by atoms with E-state index in [4.69, 9.17) is 13.8 Å². The number of furan rings is 1. The number of hydrogen-bond donors (Lipinski definition) is 0. The standard InChI is InChI=1S/C49H30N2O2S/c1-3-12-31(13-4-1)34-16-9-17-36(28-34)51(35-26-24-32(25-27-35)37-19-10-21-40-38-18-7-8-23-46(38)54-48(37)40)43-22-11-20-39-41-29-45-42(30-44(41)52-47(39)43)50-49(53-45)33-14-5-2-6-15-33/h1-30H. The van der Waals surface area contributed by atoms with E-state index in [2.05, 4.69) is 150 Å². The fourth-order valence-corrected chi connectivity index (χ4v) is 8.97. The zero-order valence-electron chi connectivity index (χ0n) is 28.9. The fraction of sp³-hybridized carbons (Fsp3) is 0. The van der Waals surface area contributed by atoms with Crippen LogP contribution < -0.4 is 4.90 Å². The molecule has 0 bridgehead atoms. The maximum Gasteiger partial charge on any atom is 0.227 e. The number of aromatic nitrogens is 1. The summed E-state index contributed by atoms with van der Waals surface area (Å²) in [4.78, 5) is 7.12. The Morgan fingerprint density at radius 2 is 1.15 bits per heavy atom. The molecule has 0 aliphatic carbocycles. The molecule has 8 aromatic carbocycles. The molecule has 0 aliphatic rings. The highest BCUT2D eigenvalue weighted by Gasteiger charge is 2.22. The van der Waals surface area contributed by atoms with Gasteiger partial charge in [0, 0.05) is 53.9 Å². The predicted molar refractivity (Wildman–Crippen MR) is 225 cm³/mol. The topological polar surface area (TPSA) is 42.4 Å². The number of oxazole rings is 1. The second kappa shape index (κ2) is 12.3. The molecule has 3 heterocycles. The van der Waals surface area contributed by atoms with E-state index in [1.54, 1.807) is 0 Å². The van der Waals surface area contributed by atoms with Gasteiger partial charge in [-0.25, -0.2) is 4.98 Å². The van der Waals surface area contributed by atoms with Crippen molar-refractivity contribution < 1.29 is 8.83 Å². The average molecular weight is 711 g/mol. The van der Waals surface area contributed by atoms with E-state index < -0.39 is 0 Å².